The van der Waals surface area contributed by atoms with Crippen LogP contribution in [-0.4, -0.2) is 141 Å². The van der Waals surface area contributed by atoms with Crippen LogP contribution in [0.15, 0.2) is 202 Å². The fourth-order valence-electron chi connectivity index (χ4n) is 16.9. The lowest BCUT2D eigenvalue weighted by atomic mass is 10.1. The molecule has 28 heteroatoms. The molecule has 5 atom stereocenters. The van der Waals surface area contributed by atoms with Crippen LogP contribution in [0.2, 0.25) is 0 Å². The van der Waals surface area contributed by atoms with Gasteiger partial charge in [-0.25, -0.2) is 0 Å². The van der Waals surface area contributed by atoms with Crippen LogP contribution in [0.1, 0.15) is 136 Å². The second kappa shape index (κ2) is 39.2. The summed E-state index contributed by atoms with van der Waals surface area (Å²) in [7, 11) is 2.96. The second-order valence-corrected chi connectivity index (χ2v) is 35.7. The smallest absolute Gasteiger partial charge is 0.303 e. The maximum absolute atomic E-state index is 14.0. The van der Waals surface area contributed by atoms with Gasteiger partial charge < -0.3 is 48.3 Å². The average molecular weight is 1770 g/mol. The summed E-state index contributed by atoms with van der Waals surface area (Å²) in [4.78, 5) is 105. The quantitative estimate of drug-likeness (QED) is 0.0326. The Hall–Kier alpha value is -12.8. The van der Waals surface area contributed by atoms with E-state index in [1.807, 2.05) is 200 Å². The molecule has 1 unspecified atom stereocenters. The molecule has 0 saturated carbocycles. The maximum Gasteiger partial charge on any atom is 0.303 e. The van der Waals surface area contributed by atoms with E-state index in [9.17, 15) is 28.8 Å². The number of aliphatic carboxylic acids is 1. The molecular weight excluding hydrogens is 1680 g/mol. The molecule has 126 heavy (non-hydrogen) atoms. The van der Waals surface area contributed by atoms with Gasteiger partial charge in [0.05, 0.1) is 102 Å². The van der Waals surface area contributed by atoms with Crippen molar-refractivity contribution >= 4 is 150 Å². The number of anilines is 4. The van der Waals surface area contributed by atoms with Crippen molar-refractivity contribution in [1.29, 1.82) is 0 Å². The molecule has 8 aliphatic heterocycles. The van der Waals surface area contributed by atoms with Crippen molar-refractivity contribution in [1.82, 2.24) is 5.32 Å². The number of carboxylic acid groups (broad SMARTS) is 1. The average Bonchev–Trinajstić information content (AvgIpc) is 1.63. The number of benzene rings is 10. The van der Waals surface area contributed by atoms with E-state index < -0.39 is 5.97 Å². The summed E-state index contributed by atoms with van der Waals surface area (Å²) in [5.74, 6) is 3.63. The Balaban J connectivity index is 0.000000181. The molecule has 0 fully saturated rings. The molecule has 5 amide bonds. The normalized spacial score (nSPS) is 16.7. The number of methoxy groups -OCH3 is 2. The Labute approximate surface area is 747 Å². The monoisotopic (exact) mass is 1770 g/mol. The standard InChI is InChI=1S/C50H49N5O7S2.C47H42N4O8.CH2Cl2/c1-31-18-39-41(52-27-36-22-34-10-4-6-12-43(34)54(36)49(39)57)25-45(31)61-29-32-19-33(21-38(20-32)60-16-9-8-14-48(56)51-15-17-64(3)63)30-62-47-26-42-40(24-46(47)59-2)50(58)55-37(28-53-42)23-35-11-5-7-13-44(35)55;1-28-15-36-38(48-24-33-19-31-9-3-5-11-40(31)50(33)46(36)54)22-42(28)58-26-29-16-30(18-35(17-29)57-14-8-7-13-45(52)53)27-59-44-23-39-37(21-43(44)56-2)47(55)51-34(25-49-39)20-32-10-4-6-12-41(32)51;2-1-3/h4-7,10-13,18-21,24-28,36-37H,8-9,14-17,22-23,29-30H2,1-3H3,(H,51,56);3-6,9-12,15-18,21-25,33-34H,7-8,13-14,19-20,26-27H2,1-2H3,(H,52,53);1H2/t36-,37-,64?;33-,34-;/m00./s1. The number of carbonyl (C=O) groups is 6. The minimum absolute atomic E-state index is 0.0156. The number of aryl methyl sites for hydroxylation is 2. The van der Waals surface area contributed by atoms with Crippen LogP contribution in [-0.2, 0) is 82.3 Å². The maximum atomic E-state index is 14.0. The minimum atomic E-state index is -0.841. The number of nitrogens with one attached hydrogen (secondary N) is 1. The van der Waals surface area contributed by atoms with Crippen LogP contribution < -0.4 is 62.8 Å². The Morgan fingerprint density at radius 2 is 0.738 bits per heavy atom. The van der Waals surface area contributed by atoms with Crippen LogP contribution in [0.3, 0.4) is 0 Å². The summed E-state index contributed by atoms with van der Waals surface area (Å²) in [6.07, 6.45) is 15.1. The molecule has 646 valence electrons. The van der Waals surface area contributed by atoms with E-state index >= 15 is 0 Å². The van der Waals surface area contributed by atoms with Crippen molar-refractivity contribution in [2.45, 2.75) is 129 Å². The van der Waals surface area contributed by atoms with Gasteiger partial charge in [-0.3, -0.25) is 68.3 Å². The summed E-state index contributed by atoms with van der Waals surface area (Å²) in [5.41, 5.74) is 17.0. The number of para-hydroxylation sites is 4. The van der Waals surface area contributed by atoms with Gasteiger partial charge in [-0.2, -0.15) is 0 Å². The predicted molar refractivity (Wildman–Crippen MR) is 496 cm³/mol. The largest absolute Gasteiger partial charge is 0.494 e. The Morgan fingerprint density at radius 3 is 1.06 bits per heavy atom. The van der Waals surface area contributed by atoms with E-state index in [2.05, 4.69) is 17.4 Å². The number of rotatable bonds is 29. The Kier molecular flexibility index (Phi) is 27.0. The van der Waals surface area contributed by atoms with Gasteiger partial charge >= 0.3 is 5.97 Å². The number of hydrogen-bond donors (Lipinski definition) is 2. The van der Waals surface area contributed by atoms with E-state index in [-0.39, 0.29) is 101 Å². The third-order valence-electron chi connectivity index (χ3n) is 23.0. The van der Waals surface area contributed by atoms with E-state index in [0.29, 0.717) is 162 Å². The van der Waals surface area contributed by atoms with Crippen molar-refractivity contribution in [3.05, 3.63) is 260 Å². The SMILES string of the molecule is COc1cc2c(cc1OCc1cc(COc3cc4c(cc3C)C(=O)N3c5ccccc5C[C@H]3C=N4)cc(OCCCCC(=O)NCCS(C)=S)c1)N=C[C@@H]1Cc3ccccc3N1C2=O.COc1cc2c(cc1OCc1cc(COc3cc4c(cc3C)C(=O)N3c5ccccc5C[C@H]3C=N4)cc(OCCCCC(=O)O)c1)N=C[C@@H]1Cc3ccccc3N1C2=O.ClCCl. The molecule has 8 heterocycles. The highest BCUT2D eigenvalue weighted by Gasteiger charge is 2.41. The molecule has 10 aromatic carbocycles. The molecule has 18 rings (SSSR count). The van der Waals surface area contributed by atoms with Gasteiger partial charge in [0.15, 0.2) is 23.0 Å². The highest BCUT2D eigenvalue weighted by molar-refractivity contribution is 8.28. The lowest BCUT2D eigenvalue weighted by Crippen LogP contribution is -2.37. The van der Waals surface area contributed by atoms with Crippen LogP contribution in [0.25, 0.3) is 0 Å². The molecule has 0 aromatic heterocycles. The van der Waals surface area contributed by atoms with E-state index in [1.165, 1.54) is 7.11 Å². The fraction of sp³-hybridized carbons (Fsp3) is 0.286. The Bertz CT molecular complexity index is 6060. The molecule has 0 bridgehead atoms. The minimum Gasteiger partial charge on any atom is -0.494 e. The van der Waals surface area contributed by atoms with Gasteiger partial charge in [0.2, 0.25) is 5.91 Å². The molecule has 10 aromatic rings. The second-order valence-electron chi connectivity index (χ2n) is 31.6. The topological polar surface area (TPSA) is 271 Å². The number of carboxylic acids is 1. The first kappa shape index (κ1) is 86.8. The van der Waals surface area contributed by atoms with Gasteiger partial charge in [0.25, 0.3) is 23.6 Å². The highest BCUT2D eigenvalue weighted by Crippen LogP contribution is 2.46. The number of aliphatic imine (C=N–C) groups is 4. The lowest BCUT2D eigenvalue weighted by Gasteiger charge is -2.22. The number of unbranched alkanes of at least 4 members (excludes halogenated alkanes) is 2. The van der Waals surface area contributed by atoms with Crippen LogP contribution in [0.5, 0.6) is 46.0 Å². The molecule has 24 nitrogen and oxygen atoms in total. The molecule has 0 saturated heterocycles. The number of amides is 5. The number of fused-ring (bicyclic) bond motifs is 16. The van der Waals surface area contributed by atoms with Gasteiger partial charge in [-0.05, 0) is 186 Å². The summed E-state index contributed by atoms with van der Waals surface area (Å²) in [6.45, 7) is 5.86. The molecular formula is C98H93Cl2N9O15S2. The molecule has 2 N–H and O–H groups in total. The number of ether oxygens (including phenoxy) is 8. The first-order chi connectivity index (χ1) is 61.3. The third-order valence-corrected chi connectivity index (χ3v) is 24.3. The van der Waals surface area contributed by atoms with Crippen LogP contribution in [0, 0.1) is 13.8 Å². The fourth-order valence-corrected chi connectivity index (χ4v) is 17.6. The van der Waals surface area contributed by atoms with Crippen molar-refractivity contribution in [2.24, 2.45) is 20.0 Å². The van der Waals surface area contributed by atoms with Crippen molar-refractivity contribution < 1.29 is 71.8 Å². The predicted octanol–water partition coefficient (Wildman–Crippen LogP) is 17.9. The van der Waals surface area contributed by atoms with Crippen molar-refractivity contribution in [3.63, 3.8) is 0 Å². The molecule has 0 spiro atoms. The lowest BCUT2D eigenvalue weighted by molar-refractivity contribution is -0.137. The van der Waals surface area contributed by atoms with Crippen LogP contribution in [0.4, 0.5) is 45.5 Å². The first-order valence-corrected chi connectivity index (χ1v) is 45.6. The number of halogens is 2. The third kappa shape index (κ3) is 19.2. The summed E-state index contributed by atoms with van der Waals surface area (Å²) >= 11 is 14.8. The highest BCUT2D eigenvalue weighted by atomic mass is 35.5. The molecule has 0 radical (unpaired) electrons. The number of alkyl halides is 2. The van der Waals surface area contributed by atoms with Crippen molar-refractivity contribution in [2.75, 3.05) is 70.9 Å². The van der Waals surface area contributed by atoms with Gasteiger partial charge in [-0.15, -0.1) is 32.7 Å². The van der Waals surface area contributed by atoms with Gasteiger partial charge in [0.1, 0.15) is 49.4 Å². The van der Waals surface area contributed by atoms with E-state index in [4.69, 9.17) is 97.4 Å². The summed E-state index contributed by atoms with van der Waals surface area (Å²) < 4.78 is 49.6. The zero-order valence-electron chi connectivity index (χ0n) is 70.2. The van der Waals surface area contributed by atoms with Gasteiger partial charge in [0, 0.05) is 123 Å². The number of nitrogens with zero attached hydrogens (tertiary/aromatic N) is 8. The van der Waals surface area contributed by atoms with E-state index in [1.54, 1.807) is 41.2 Å². The summed E-state index contributed by atoms with van der Waals surface area (Å²) in [5, 5.41) is 12.2. The molecule has 0 aliphatic carbocycles. The van der Waals surface area contributed by atoms with E-state index in [0.717, 1.165) is 90.6 Å². The first-order valence-electron chi connectivity index (χ1n) is 41.8. The zero-order valence-corrected chi connectivity index (χ0v) is 73.3. The Morgan fingerprint density at radius 1 is 0.429 bits per heavy atom. The van der Waals surface area contributed by atoms with Crippen molar-refractivity contribution in [3.8, 4) is 46.0 Å². The van der Waals surface area contributed by atoms with Gasteiger partial charge in [-0.1, -0.05) is 84.0 Å². The number of hydrogen-bond acceptors (Lipinski definition) is 19. The zero-order chi connectivity index (χ0) is 87.6. The van der Waals surface area contributed by atoms with Crippen LogP contribution >= 0.6 is 23.2 Å². The summed E-state index contributed by atoms with van der Waals surface area (Å²) in [6, 6.07) is 57.0. The number of carbonyl (C=O) groups excluding carboxylic acids is 5. The molecule has 8 aliphatic rings.